The zero-order valence-electron chi connectivity index (χ0n) is 8.44. The molecule has 78 valence electrons. The van der Waals surface area contributed by atoms with Gasteiger partial charge in [-0.25, -0.2) is 0 Å². The molecule has 0 aliphatic rings. The van der Waals surface area contributed by atoms with Gasteiger partial charge in [0.2, 0.25) is 0 Å². The van der Waals surface area contributed by atoms with E-state index in [-0.39, 0.29) is 12.6 Å². The van der Waals surface area contributed by atoms with Crippen molar-refractivity contribution in [1.82, 2.24) is 5.32 Å². The van der Waals surface area contributed by atoms with Crippen molar-refractivity contribution in [3.8, 4) is 0 Å². The first-order valence-corrected chi connectivity index (χ1v) is 4.74. The van der Waals surface area contributed by atoms with Crippen molar-refractivity contribution in [1.29, 1.82) is 0 Å². The lowest BCUT2D eigenvalue weighted by atomic mass is 10.2. The molecule has 3 heteroatoms. The Balaban J connectivity index is 2.32. The Morgan fingerprint density at radius 2 is 2.07 bits per heavy atom. The van der Waals surface area contributed by atoms with E-state index in [9.17, 15) is 0 Å². The molecule has 1 aromatic carbocycles. The molecule has 0 aliphatic heterocycles. The molecule has 2 N–H and O–H groups in total. The zero-order chi connectivity index (χ0) is 10.2. The highest BCUT2D eigenvalue weighted by Gasteiger charge is 2.04. The summed E-state index contributed by atoms with van der Waals surface area (Å²) < 4.78 is 4.96. The van der Waals surface area contributed by atoms with Crippen LogP contribution in [0.15, 0.2) is 30.3 Å². The topological polar surface area (TPSA) is 41.5 Å². The molecule has 0 amide bonds. The summed E-state index contributed by atoms with van der Waals surface area (Å²) in [5, 5.41) is 12.2. The molecule has 0 radical (unpaired) electrons. The van der Waals surface area contributed by atoms with Crippen LogP contribution in [0.3, 0.4) is 0 Å². The summed E-state index contributed by atoms with van der Waals surface area (Å²) >= 11 is 0. The molecular formula is C11H17NO2. The predicted octanol–water partition coefficient (Wildman–Crippen LogP) is 0.783. The van der Waals surface area contributed by atoms with Gasteiger partial charge >= 0.3 is 0 Å². The van der Waals surface area contributed by atoms with Crippen molar-refractivity contribution in [3.63, 3.8) is 0 Å². The number of ether oxygens (including phenoxy) is 1. The smallest absolute Gasteiger partial charge is 0.0638 e. The van der Waals surface area contributed by atoms with Crippen LogP contribution in [0.1, 0.15) is 5.56 Å². The molecule has 0 aromatic heterocycles. The molecular weight excluding hydrogens is 178 g/mol. The maximum absolute atomic E-state index is 8.99. The highest BCUT2D eigenvalue weighted by Crippen LogP contribution is 1.98. The number of methoxy groups -OCH3 is 1. The van der Waals surface area contributed by atoms with E-state index in [0.29, 0.717) is 6.61 Å². The van der Waals surface area contributed by atoms with Gasteiger partial charge in [-0.2, -0.15) is 0 Å². The summed E-state index contributed by atoms with van der Waals surface area (Å²) in [6, 6.07) is 10.1. The fraction of sp³-hybridized carbons (Fsp3) is 0.455. The maximum Gasteiger partial charge on any atom is 0.0638 e. The van der Waals surface area contributed by atoms with Gasteiger partial charge in [0.15, 0.2) is 0 Å². The van der Waals surface area contributed by atoms with E-state index in [0.717, 1.165) is 6.54 Å². The number of rotatable bonds is 6. The van der Waals surface area contributed by atoms with Crippen LogP contribution in [0.4, 0.5) is 0 Å². The van der Waals surface area contributed by atoms with Gasteiger partial charge in [-0.15, -0.1) is 0 Å². The average molecular weight is 195 g/mol. The molecule has 0 aliphatic carbocycles. The number of benzene rings is 1. The third-order valence-corrected chi connectivity index (χ3v) is 2.03. The molecule has 1 unspecified atom stereocenters. The molecule has 0 bridgehead atoms. The lowest BCUT2D eigenvalue weighted by Crippen LogP contribution is -2.35. The van der Waals surface area contributed by atoms with Gasteiger partial charge in [-0.05, 0) is 5.56 Å². The normalized spacial score (nSPS) is 12.7. The maximum atomic E-state index is 8.99. The molecule has 0 saturated heterocycles. The predicted molar refractivity (Wildman–Crippen MR) is 56.0 cm³/mol. The summed E-state index contributed by atoms with van der Waals surface area (Å²) in [6.07, 6.45) is 0. The fourth-order valence-electron chi connectivity index (χ4n) is 1.24. The van der Waals surface area contributed by atoms with Crippen LogP contribution >= 0.6 is 0 Å². The monoisotopic (exact) mass is 195 g/mol. The summed E-state index contributed by atoms with van der Waals surface area (Å²) in [6.45, 7) is 1.39. The Kier molecular flexibility index (Phi) is 5.22. The SMILES string of the molecule is COCC(CO)NCc1ccccc1. The van der Waals surface area contributed by atoms with Crippen molar-refractivity contribution in [3.05, 3.63) is 35.9 Å². The van der Waals surface area contributed by atoms with Crippen molar-refractivity contribution in [2.45, 2.75) is 12.6 Å². The van der Waals surface area contributed by atoms with Gasteiger partial charge in [-0.1, -0.05) is 30.3 Å². The Bertz CT molecular complexity index is 238. The Morgan fingerprint density at radius 3 is 2.64 bits per heavy atom. The first-order chi connectivity index (χ1) is 6.86. The lowest BCUT2D eigenvalue weighted by Gasteiger charge is -2.14. The van der Waals surface area contributed by atoms with E-state index in [2.05, 4.69) is 5.32 Å². The van der Waals surface area contributed by atoms with Gasteiger partial charge in [0, 0.05) is 13.7 Å². The molecule has 1 rings (SSSR count). The number of hydrogen-bond donors (Lipinski definition) is 2. The minimum atomic E-state index is 0.0141. The highest BCUT2D eigenvalue weighted by atomic mass is 16.5. The molecule has 0 heterocycles. The number of nitrogens with one attached hydrogen (secondary N) is 1. The van der Waals surface area contributed by atoms with Crippen molar-refractivity contribution < 1.29 is 9.84 Å². The van der Waals surface area contributed by atoms with E-state index in [1.807, 2.05) is 30.3 Å². The second kappa shape index (κ2) is 6.54. The molecule has 1 atom stereocenters. The molecule has 14 heavy (non-hydrogen) atoms. The van der Waals surface area contributed by atoms with Crippen LogP contribution in [0.2, 0.25) is 0 Å². The minimum absolute atomic E-state index is 0.0141. The van der Waals surface area contributed by atoms with Gasteiger partial charge < -0.3 is 15.2 Å². The molecule has 3 nitrogen and oxygen atoms in total. The van der Waals surface area contributed by atoms with Crippen LogP contribution < -0.4 is 5.32 Å². The van der Waals surface area contributed by atoms with E-state index in [1.54, 1.807) is 7.11 Å². The van der Waals surface area contributed by atoms with Crippen molar-refractivity contribution in [2.75, 3.05) is 20.3 Å². The van der Waals surface area contributed by atoms with Gasteiger partial charge in [0.1, 0.15) is 0 Å². The summed E-state index contributed by atoms with van der Waals surface area (Å²) in [5.41, 5.74) is 1.21. The van der Waals surface area contributed by atoms with Crippen molar-refractivity contribution in [2.24, 2.45) is 0 Å². The highest BCUT2D eigenvalue weighted by molar-refractivity contribution is 5.14. The van der Waals surface area contributed by atoms with E-state index in [1.165, 1.54) is 5.56 Å². The Hall–Kier alpha value is -0.900. The third kappa shape index (κ3) is 3.87. The number of hydrogen-bond acceptors (Lipinski definition) is 3. The van der Waals surface area contributed by atoms with E-state index >= 15 is 0 Å². The molecule has 0 saturated carbocycles. The quantitative estimate of drug-likeness (QED) is 0.705. The van der Waals surface area contributed by atoms with Crippen LogP contribution in [-0.4, -0.2) is 31.5 Å². The van der Waals surface area contributed by atoms with E-state index < -0.39 is 0 Å². The fourth-order valence-corrected chi connectivity index (χ4v) is 1.24. The third-order valence-electron chi connectivity index (χ3n) is 2.03. The van der Waals surface area contributed by atoms with Gasteiger partial charge in [-0.3, -0.25) is 0 Å². The zero-order valence-corrected chi connectivity index (χ0v) is 8.44. The van der Waals surface area contributed by atoms with Crippen LogP contribution in [0.5, 0.6) is 0 Å². The second-order valence-electron chi connectivity index (χ2n) is 3.20. The van der Waals surface area contributed by atoms with E-state index in [4.69, 9.17) is 9.84 Å². The summed E-state index contributed by atoms with van der Waals surface area (Å²) in [5.74, 6) is 0. The Labute approximate surface area is 84.7 Å². The number of aliphatic hydroxyl groups is 1. The largest absolute Gasteiger partial charge is 0.395 e. The Morgan fingerprint density at radius 1 is 1.36 bits per heavy atom. The number of aliphatic hydroxyl groups excluding tert-OH is 1. The summed E-state index contributed by atoms with van der Waals surface area (Å²) in [4.78, 5) is 0. The second-order valence-corrected chi connectivity index (χ2v) is 3.20. The lowest BCUT2D eigenvalue weighted by molar-refractivity contribution is 0.128. The van der Waals surface area contributed by atoms with Crippen LogP contribution in [0.25, 0.3) is 0 Å². The van der Waals surface area contributed by atoms with Gasteiger partial charge in [0.05, 0.1) is 19.3 Å². The van der Waals surface area contributed by atoms with Crippen LogP contribution in [0, 0.1) is 0 Å². The van der Waals surface area contributed by atoms with Crippen molar-refractivity contribution >= 4 is 0 Å². The average Bonchev–Trinajstić information content (AvgIpc) is 2.25. The first-order valence-electron chi connectivity index (χ1n) is 4.74. The standard InChI is InChI=1S/C11H17NO2/c1-14-9-11(8-13)12-7-10-5-3-2-4-6-10/h2-6,11-13H,7-9H2,1H3. The first kappa shape index (κ1) is 11.2. The minimum Gasteiger partial charge on any atom is -0.395 e. The van der Waals surface area contributed by atoms with Gasteiger partial charge in [0.25, 0.3) is 0 Å². The molecule has 0 spiro atoms. The molecule has 1 aromatic rings. The van der Waals surface area contributed by atoms with Crippen LogP contribution in [-0.2, 0) is 11.3 Å². The molecule has 0 fully saturated rings. The summed E-state index contributed by atoms with van der Waals surface area (Å²) in [7, 11) is 1.63.